The zero-order chi connectivity index (χ0) is 15.3. The number of carboxylic acid groups (broad SMARTS) is 1. The summed E-state index contributed by atoms with van der Waals surface area (Å²) in [5.41, 5.74) is -0.506. The van der Waals surface area contributed by atoms with Crippen LogP contribution in [0, 0.1) is 11.8 Å². The number of rotatable bonds is 5. The molecule has 2 unspecified atom stereocenters. The van der Waals surface area contributed by atoms with Gasteiger partial charge in [-0.05, 0) is 51.4 Å². The van der Waals surface area contributed by atoms with E-state index < -0.39 is 11.5 Å². The van der Waals surface area contributed by atoms with Crippen molar-refractivity contribution in [3.05, 3.63) is 0 Å². The van der Waals surface area contributed by atoms with Crippen LogP contribution in [0.4, 0.5) is 4.79 Å². The van der Waals surface area contributed by atoms with Crippen molar-refractivity contribution in [2.45, 2.75) is 71.4 Å². The molecule has 0 radical (unpaired) electrons. The topological polar surface area (TPSA) is 78.4 Å². The molecule has 3 N–H and O–H groups in total. The maximum atomic E-state index is 12.0. The van der Waals surface area contributed by atoms with E-state index in [2.05, 4.69) is 24.5 Å². The fraction of sp³-hybridized carbons (Fsp3) is 0.867. The summed E-state index contributed by atoms with van der Waals surface area (Å²) in [5, 5.41) is 14.6. The summed E-state index contributed by atoms with van der Waals surface area (Å²) in [6.45, 7) is 8.14. The zero-order valence-electron chi connectivity index (χ0n) is 13.0. The molecule has 1 aliphatic carbocycles. The molecule has 5 heteroatoms. The normalized spacial score (nSPS) is 26.9. The van der Waals surface area contributed by atoms with E-state index >= 15 is 0 Å². The molecule has 0 aromatic carbocycles. The second-order valence-electron chi connectivity index (χ2n) is 6.99. The largest absolute Gasteiger partial charge is 0.481 e. The molecule has 116 valence electrons. The van der Waals surface area contributed by atoms with Crippen LogP contribution in [0.1, 0.15) is 59.8 Å². The lowest BCUT2D eigenvalue weighted by atomic mass is 9.80. The molecule has 1 fully saturated rings. The van der Waals surface area contributed by atoms with Crippen molar-refractivity contribution in [2.75, 3.05) is 0 Å². The lowest BCUT2D eigenvalue weighted by Crippen LogP contribution is -2.52. The molecule has 2 amide bonds. The minimum atomic E-state index is -0.838. The third-order valence-corrected chi connectivity index (χ3v) is 3.93. The van der Waals surface area contributed by atoms with Crippen molar-refractivity contribution in [2.24, 2.45) is 11.8 Å². The number of carbonyl (C=O) groups is 2. The van der Waals surface area contributed by atoms with Gasteiger partial charge in [0.1, 0.15) is 0 Å². The fourth-order valence-corrected chi connectivity index (χ4v) is 3.08. The number of carbonyl (C=O) groups excluding carboxylic acids is 1. The van der Waals surface area contributed by atoms with Crippen LogP contribution in [-0.2, 0) is 4.79 Å². The number of carboxylic acids is 1. The SMILES string of the molecule is CC1CC(C)CC(NC(=O)NC(C)(C)CCC(=O)O)C1. The Morgan fingerprint density at radius 1 is 1.15 bits per heavy atom. The van der Waals surface area contributed by atoms with Crippen LogP contribution in [0.5, 0.6) is 0 Å². The van der Waals surface area contributed by atoms with Gasteiger partial charge in [0.2, 0.25) is 0 Å². The van der Waals surface area contributed by atoms with Gasteiger partial charge in [-0.1, -0.05) is 13.8 Å². The first kappa shape index (κ1) is 16.8. The Balaban J connectivity index is 2.40. The van der Waals surface area contributed by atoms with Gasteiger partial charge in [-0.15, -0.1) is 0 Å². The highest BCUT2D eigenvalue weighted by Crippen LogP contribution is 2.28. The lowest BCUT2D eigenvalue weighted by Gasteiger charge is -2.33. The third-order valence-electron chi connectivity index (χ3n) is 3.93. The minimum Gasteiger partial charge on any atom is -0.481 e. The highest BCUT2D eigenvalue weighted by atomic mass is 16.4. The van der Waals surface area contributed by atoms with Gasteiger partial charge in [0.15, 0.2) is 0 Å². The van der Waals surface area contributed by atoms with E-state index in [0.717, 1.165) is 12.8 Å². The van der Waals surface area contributed by atoms with Crippen LogP contribution in [0.2, 0.25) is 0 Å². The van der Waals surface area contributed by atoms with Crippen LogP contribution in [0.15, 0.2) is 0 Å². The monoisotopic (exact) mass is 284 g/mol. The predicted molar refractivity (Wildman–Crippen MR) is 78.6 cm³/mol. The van der Waals surface area contributed by atoms with Gasteiger partial charge in [0, 0.05) is 18.0 Å². The molecule has 2 atom stereocenters. The van der Waals surface area contributed by atoms with Gasteiger partial charge in [0.25, 0.3) is 0 Å². The number of hydrogen-bond acceptors (Lipinski definition) is 2. The molecule has 0 heterocycles. The summed E-state index contributed by atoms with van der Waals surface area (Å²) in [6.07, 6.45) is 3.75. The molecule has 1 saturated carbocycles. The first-order chi connectivity index (χ1) is 9.18. The second kappa shape index (κ2) is 6.95. The molecule has 0 spiro atoms. The van der Waals surface area contributed by atoms with Crippen LogP contribution < -0.4 is 10.6 Å². The Labute approximate surface area is 121 Å². The summed E-state index contributed by atoms with van der Waals surface area (Å²) in [4.78, 5) is 22.6. The fourth-order valence-electron chi connectivity index (χ4n) is 3.08. The summed E-state index contributed by atoms with van der Waals surface area (Å²) < 4.78 is 0. The van der Waals surface area contributed by atoms with Gasteiger partial charge in [-0.25, -0.2) is 4.79 Å². The van der Waals surface area contributed by atoms with E-state index in [1.54, 1.807) is 0 Å². The Hall–Kier alpha value is -1.26. The zero-order valence-corrected chi connectivity index (χ0v) is 13.0. The Kier molecular flexibility index (Phi) is 5.84. The maximum Gasteiger partial charge on any atom is 0.315 e. The molecule has 0 saturated heterocycles. The highest BCUT2D eigenvalue weighted by Gasteiger charge is 2.27. The van der Waals surface area contributed by atoms with E-state index in [4.69, 9.17) is 5.11 Å². The van der Waals surface area contributed by atoms with E-state index in [-0.39, 0.29) is 18.5 Å². The number of hydrogen-bond donors (Lipinski definition) is 3. The number of nitrogens with one attached hydrogen (secondary N) is 2. The number of amides is 2. The molecule has 0 aliphatic heterocycles. The smallest absolute Gasteiger partial charge is 0.315 e. The Morgan fingerprint density at radius 2 is 1.70 bits per heavy atom. The molecule has 5 nitrogen and oxygen atoms in total. The predicted octanol–water partition coefficient (Wildman–Crippen LogP) is 2.75. The summed E-state index contributed by atoms with van der Waals surface area (Å²) in [6, 6.07) is 0.0377. The Bertz CT molecular complexity index is 345. The summed E-state index contributed by atoms with van der Waals surface area (Å²) in [5.74, 6) is 0.448. The van der Waals surface area contributed by atoms with Crippen LogP contribution in [-0.4, -0.2) is 28.7 Å². The van der Waals surface area contributed by atoms with Crippen LogP contribution in [0.3, 0.4) is 0 Å². The Morgan fingerprint density at radius 3 is 2.20 bits per heavy atom. The molecule has 0 aromatic heterocycles. The molecule has 1 aliphatic rings. The van der Waals surface area contributed by atoms with E-state index in [1.807, 2.05) is 13.8 Å². The molecular formula is C15H28N2O3. The first-order valence-electron chi connectivity index (χ1n) is 7.48. The van der Waals surface area contributed by atoms with Gasteiger partial charge < -0.3 is 15.7 Å². The van der Waals surface area contributed by atoms with Crippen LogP contribution >= 0.6 is 0 Å². The quantitative estimate of drug-likeness (QED) is 0.726. The van der Waals surface area contributed by atoms with Gasteiger partial charge in [0.05, 0.1) is 0 Å². The van der Waals surface area contributed by atoms with Crippen molar-refractivity contribution >= 4 is 12.0 Å². The highest BCUT2D eigenvalue weighted by molar-refractivity contribution is 5.75. The molecule has 0 aromatic rings. The second-order valence-corrected chi connectivity index (χ2v) is 6.99. The van der Waals surface area contributed by atoms with Gasteiger partial charge >= 0.3 is 12.0 Å². The summed E-state index contributed by atoms with van der Waals surface area (Å²) >= 11 is 0. The van der Waals surface area contributed by atoms with Crippen molar-refractivity contribution in [3.8, 4) is 0 Å². The molecular weight excluding hydrogens is 256 g/mol. The average Bonchev–Trinajstić information content (AvgIpc) is 2.23. The molecule has 20 heavy (non-hydrogen) atoms. The van der Waals surface area contributed by atoms with Crippen molar-refractivity contribution in [3.63, 3.8) is 0 Å². The third kappa shape index (κ3) is 6.26. The summed E-state index contributed by atoms with van der Waals surface area (Å²) in [7, 11) is 0. The average molecular weight is 284 g/mol. The molecule has 1 rings (SSSR count). The maximum absolute atomic E-state index is 12.0. The van der Waals surface area contributed by atoms with Crippen molar-refractivity contribution in [1.82, 2.24) is 10.6 Å². The van der Waals surface area contributed by atoms with Gasteiger partial charge in [-0.2, -0.15) is 0 Å². The standard InChI is InChI=1S/C15H28N2O3/c1-10-7-11(2)9-12(8-10)16-14(20)17-15(3,4)6-5-13(18)19/h10-12H,5-9H2,1-4H3,(H,18,19)(H2,16,17,20). The van der Waals surface area contributed by atoms with Crippen LogP contribution in [0.25, 0.3) is 0 Å². The van der Waals surface area contributed by atoms with E-state index in [9.17, 15) is 9.59 Å². The molecule has 0 bridgehead atoms. The van der Waals surface area contributed by atoms with E-state index in [0.29, 0.717) is 18.3 Å². The number of aliphatic carboxylic acids is 1. The lowest BCUT2D eigenvalue weighted by molar-refractivity contribution is -0.137. The van der Waals surface area contributed by atoms with Crippen molar-refractivity contribution < 1.29 is 14.7 Å². The van der Waals surface area contributed by atoms with Gasteiger partial charge in [-0.3, -0.25) is 4.79 Å². The van der Waals surface area contributed by atoms with E-state index in [1.165, 1.54) is 6.42 Å². The number of urea groups is 1. The van der Waals surface area contributed by atoms with Crippen molar-refractivity contribution in [1.29, 1.82) is 0 Å². The minimum absolute atomic E-state index is 0.0603. The first-order valence-corrected chi connectivity index (χ1v) is 7.48.